The van der Waals surface area contributed by atoms with E-state index in [1.807, 2.05) is 0 Å². The Labute approximate surface area is 180 Å². The van der Waals surface area contributed by atoms with Gasteiger partial charge in [0.05, 0.1) is 13.7 Å². The molecule has 1 amide bonds. The summed E-state index contributed by atoms with van der Waals surface area (Å²) >= 11 is 0. The van der Waals surface area contributed by atoms with Crippen molar-refractivity contribution in [2.24, 2.45) is 5.92 Å². The van der Waals surface area contributed by atoms with Gasteiger partial charge in [0.2, 0.25) is 5.91 Å². The van der Waals surface area contributed by atoms with Crippen LogP contribution in [0.15, 0.2) is 12.2 Å². The van der Waals surface area contributed by atoms with Gasteiger partial charge in [0.15, 0.2) is 5.92 Å². The van der Waals surface area contributed by atoms with Crippen molar-refractivity contribution < 1.29 is 33.4 Å². The molecular formula is C21H37NO7Si. The fraction of sp³-hybridized carbons (Fsp3) is 0.714. The lowest BCUT2D eigenvalue weighted by molar-refractivity contribution is -0.169. The van der Waals surface area contributed by atoms with Crippen molar-refractivity contribution in [1.82, 2.24) is 5.32 Å². The molecular weight excluding hydrogens is 406 g/mol. The molecule has 0 spiro atoms. The van der Waals surface area contributed by atoms with Crippen LogP contribution in [0.1, 0.15) is 40.0 Å². The molecule has 30 heavy (non-hydrogen) atoms. The molecule has 0 aromatic rings. The van der Waals surface area contributed by atoms with Crippen LogP contribution in [0.4, 0.5) is 0 Å². The second-order valence-electron chi connectivity index (χ2n) is 9.21. The summed E-state index contributed by atoms with van der Waals surface area (Å²) in [6, 6.07) is 0.824. The van der Waals surface area contributed by atoms with Gasteiger partial charge < -0.3 is 19.5 Å². The summed E-state index contributed by atoms with van der Waals surface area (Å²) in [6.07, 6.45) is 3.47. The molecule has 9 heteroatoms. The summed E-state index contributed by atoms with van der Waals surface area (Å²) < 4.78 is 15.1. The van der Waals surface area contributed by atoms with E-state index in [0.717, 1.165) is 18.2 Å². The van der Waals surface area contributed by atoms with E-state index in [2.05, 4.69) is 29.7 Å². The summed E-state index contributed by atoms with van der Waals surface area (Å²) in [5.74, 6) is -3.17. The van der Waals surface area contributed by atoms with Crippen LogP contribution >= 0.6 is 0 Å². The van der Waals surface area contributed by atoms with Gasteiger partial charge in [0, 0.05) is 26.8 Å². The average Bonchev–Trinajstić information content (AvgIpc) is 2.59. The third kappa shape index (κ3) is 14.8. The molecule has 0 saturated carbocycles. The van der Waals surface area contributed by atoms with Gasteiger partial charge in [-0.05, 0) is 39.7 Å². The second kappa shape index (κ2) is 13.2. The number of rotatable bonds is 12. The first-order valence-electron chi connectivity index (χ1n) is 10.2. The number of hydrogen-bond acceptors (Lipinski definition) is 7. The molecule has 0 aliphatic carbocycles. The van der Waals surface area contributed by atoms with Gasteiger partial charge in [-0.3, -0.25) is 14.4 Å². The Balaban J connectivity index is 4.62. The lowest BCUT2D eigenvalue weighted by atomic mass is 10.0. The highest BCUT2D eigenvalue weighted by Gasteiger charge is 2.32. The molecule has 1 atom stereocenters. The highest BCUT2D eigenvalue weighted by molar-refractivity contribution is 6.76. The summed E-state index contributed by atoms with van der Waals surface area (Å²) in [7, 11) is -0.132. The Morgan fingerprint density at radius 2 is 1.63 bits per heavy atom. The number of hydrogen-bond donors (Lipinski definition) is 1. The normalized spacial score (nSPS) is 12.9. The van der Waals surface area contributed by atoms with E-state index in [4.69, 9.17) is 9.47 Å². The third-order valence-electron chi connectivity index (χ3n) is 3.86. The van der Waals surface area contributed by atoms with Crippen molar-refractivity contribution in [3.05, 3.63) is 12.2 Å². The van der Waals surface area contributed by atoms with Gasteiger partial charge >= 0.3 is 17.9 Å². The fourth-order valence-electron chi connectivity index (χ4n) is 2.22. The van der Waals surface area contributed by atoms with E-state index < -0.39 is 43.4 Å². The van der Waals surface area contributed by atoms with E-state index >= 15 is 0 Å². The molecule has 1 N–H and O–H groups in total. The average molecular weight is 444 g/mol. The molecule has 0 aliphatic rings. The number of amides is 1. The first kappa shape index (κ1) is 27.8. The predicted molar refractivity (Wildman–Crippen MR) is 116 cm³/mol. The highest BCUT2D eigenvalue weighted by atomic mass is 28.3. The van der Waals surface area contributed by atoms with Crippen molar-refractivity contribution in [2.75, 3.05) is 20.3 Å². The van der Waals surface area contributed by atoms with Crippen LogP contribution in [-0.2, 0) is 33.4 Å². The van der Waals surface area contributed by atoms with E-state index in [-0.39, 0.29) is 6.42 Å². The third-order valence-corrected chi connectivity index (χ3v) is 5.57. The van der Waals surface area contributed by atoms with Crippen LogP contribution in [0, 0.1) is 5.92 Å². The lowest BCUT2D eigenvalue weighted by Gasteiger charge is -2.23. The maximum absolute atomic E-state index is 12.5. The number of methoxy groups -OCH3 is 1. The first-order chi connectivity index (χ1) is 13.7. The van der Waals surface area contributed by atoms with Gasteiger partial charge in [-0.15, -0.1) is 0 Å². The van der Waals surface area contributed by atoms with Crippen molar-refractivity contribution in [3.63, 3.8) is 0 Å². The predicted octanol–water partition coefficient (Wildman–Crippen LogP) is 2.84. The van der Waals surface area contributed by atoms with Crippen molar-refractivity contribution in [2.45, 2.75) is 71.3 Å². The van der Waals surface area contributed by atoms with Gasteiger partial charge in [0.25, 0.3) is 0 Å². The Morgan fingerprint density at radius 3 is 2.17 bits per heavy atom. The first-order valence-corrected chi connectivity index (χ1v) is 13.9. The summed E-state index contributed by atoms with van der Waals surface area (Å²) in [4.78, 5) is 47.5. The number of esters is 3. The summed E-state index contributed by atoms with van der Waals surface area (Å²) in [5, 5.41) is 2.62. The molecule has 0 aromatic carbocycles. The molecule has 0 fully saturated rings. The lowest BCUT2D eigenvalue weighted by Crippen LogP contribution is -2.34. The molecule has 0 bridgehead atoms. The Kier molecular flexibility index (Phi) is 12.3. The Morgan fingerprint density at radius 1 is 1.00 bits per heavy atom. The number of ether oxygens (including phenoxy) is 3. The topological polar surface area (TPSA) is 108 Å². The molecule has 172 valence electrons. The van der Waals surface area contributed by atoms with Gasteiger partial charge in [0.1, 0.15) is 5.60 Å². The van der Waals surface area contributed by atoms with E-state index in [1.54, 1.807) is 20.8 Å². The number of carbonyl (C=O) groups excluding carboxylic acids is 4. The minimum atomic E-state index is -1.36. The molecule has 0 aromatic heterocycles. The van der Waals surface area contributed by atoms with E-state index in [9.17, 15) is 19.2 Å². The van der Waals surface area contributed by atoms with Crippen LogP contribution in [0.3, 0.4) is 0 Å². The Bertz CT molecular complexity index is 618. The minimum absolute atomic E-state index is 0.272. The highest BCUT2D eigenvalue weighted by Crippen LogP contribution is 2.18. The summed E-state index contributed by atoms with van der Waals surface area (Å²) in [6.45, 7) is 12.4. The Hall–Kier alpha value is -2.16. The van der Waals surface area contributed by atoms with Gasteiger partial charge in [-0.1, -0.05) is 26.1 Å². The largest absolute Gasteiger partial charge is 0.466 e. The van der Waals surface area contributed by atoms with Crippen molar-refractivity contribution in [1.29, 1.82) is 0 Å². The zero-order chi connectivity index (χ0) is 23.4. The van der Waals surface area contributed by atoms with Crippen molar-refractivity contribution >= 4 is 31.9 Å². The second-order valence-corrected chi connectivity index (χ2v) is 14.8. The zero-order valence-corrected chi connectivity index (χ0v) is 20.3. The standard InChI is InChI=1S/C21H37NO7Si/c1-21(2,3)29-20(26)16(19(25)28-14-15-30(5,6)7)10-8-9-13-22-17(23)11-12-18(24)27-4/h11-12,16H,8-10,13-15H2,1-7H3,(H,22,23)/t16-/m1/s1. The van der Waals surface area contributed by atoms with E-state index in [1.165, 1.54) is 7.11 Å². The van der Waals surface area contributed by atoms with Gasteiger partial charge in [-0.25, -0.2) is 4.79 Å². The summed E-state index contributed by atoms with van der Waals surface area (Å²) in [5.41, 5.74) is -0.701. The fourth-order valence-corrected chi connectivity index (χ4v) is 2.93. The number of nitrogens with one attached hydrogen (secondary N) is 1. The zero-order valence-electron chi connectivity index (χ0n) is 19.3. The molecule has 0 aliphatic heterocycles. The smallest absolute Gasteiger partial charge is 0.330 e. The molecule has 0 heterocycles. The monoisotopic (exact) mass is 443 g/mol. The molecule has 8 nitrogen and oxygen atoms in total. The quantitative estimate of drug-likeness (QED) is 0.123. The minimum Gasteiger partial charge on any atom is -0.466 e. The maximum atomic E-state index is 12.5. The van der Waals surface area contributed by atoms with Crippen LogP contribution in [-0.4, -0.2) is 57.8 Å². The molecule has 0 saturated heterocycles. The van der Waals surface area contributed by atoms with Crippen LogP contribution in [0.5, 0.6) is 0 Å². The molecule has 0 radical (unpaired) electrons. The molecule has 0 rings (SSSR count). The maximum Gasteiger partial charge on any atom is 0.330 e. The molecule has 0 unspecified atom stereocenters. The van der Waals surface area contributed by atoms with Crippen LogP contribution in [0.25, 0.3) is 0 Å². The van der Waals surface area contributed by atoms with E-state index in [0.29, 0.717) is 26.0 Å². The van der Waals surface area contributed by atoms with Crippen LogP contribution in [0.2, 0.25) is 25.7 Å². The number of unbranched alkanes of at least 4 members (excludes halogenated alkanes) is 1. The van der Waals surface area contributed by atoms with Crippen LogP contribution < -0.4 is 5.32 Å². The van der Waals surface area contributed by atoms with Gasteiger partial charge in [-0.2, -0.15) is 0 Å². The van der Waals surface area contributed by atoms with Crippen molar-refractivity contribution in [3.8, 4) is 0 Å². The SMILES string of the molecule is COC(=O)C=CC(=O)NCCCC[C@H](C(=O)OCC[Si](C)(C)C)C(=O)OC(C)(C)C. The number of carbonyl (C=O) groups is 4.